The molecule has 0 aromatic carbocycles. The maximum atomic E-state index is 13.0. The van der Waals surface area contributed by atoms with E-state index in [0.29, 0.717) is 18.1 Å². The summed E-state index contributed by atoms with van der Waals surface area (Å²) in [5, 5.41) is 2.82. The molecule has 2 N–H and O–H groups in total. The Hall–Kier alpha value is -3.29. The molecule has 0 aliphatic heterocycles. The Morgan fingerprint density at radius 3 is 2.52 bits per heavy atom. The Bertz CT molecular complexity index is 1170. The van der Waals surface area contributed by atoms with Crippen molar-refractivity contribution in [3.63, 3.8) is 0 Å². The van der Waals surface area contributed by atoms with Crippen molar-refractivity contribution in [1.82, 2.24) is 19.5 Å². The van der Waals surface area contributed by atoms with E-state index in [1.807, 2.05) is 40.7 Å². The summed E-state index contributed by atoms with van der Waals surface area (Å²) >= 11 is 0. The van der Waals surface area contributed by atoms with Crippen molar-refractivity contribution < 1.29 is 4.79 Å². The van der Waals surface area contributed by atoms with E-state index in [1.165, 1.54) is 4.57 Å². The highest BCUT2D eigenvalue weighted by atomic mass is 16.2. The van der Waals surface area contributed by atoms with Crippen LogP contribution < -0.4 is 16.6 Å². The highest BCUT2D eigenvalue weighted by Crippen LogP contribution is 2.21. The number of hydrogen-bond acceptors (Lipinski definition) is 5. The molecule has 3 rings (SSSR count). The predicted octanol–water partition coefficient (Wildman–Crippen LogP) is 2.82. The molecule has 0 unspecified atom stereocenters. The largest absolute Gasteiger partial charge is 0.330 e. The van der Waals surface area contributed by atoms with Crippen LogP contribution in [-0.2, 0) is 6.54 Å². The molecule has 0 radical (unpaired) electrons. The van der Waals surface area contributed by atoms with Gasteiger partial charge in [-0.2, -0.15) is 0 Å². The zero-order valence-corrected chi connectivity index (χ0v) is 17.2. The van der Waals surface area contributed by atoms with E-state index in [4.69, 9.17) is 0 Å². The number of aromatic amines is 1. The maximum Gasteiger partial charge on any atom is 0.330 e. The van der Waals surface area contributed by atoms with Gasteiger partial charge in [-0.15, -0.1) is 0 Å². The number of H-pyrrole nitrogens is 1. The zero-order valence-electron chi connectivity index (χ0n) is 17.2. The van der Waals surface area contributed by atoms with Crippen LogP contribution in [-0.4, -0.2) is 25.4 Å². The number of amides is 1. The van der Waals surface area contributed by atoms with Crippen molar-refractivity contribution in [1.29, 1.82) is 0 Å². The quantitative estimate of drug-likeness (QED) is 0.690. The summed E-state index contributed by atoms with van der Waals surface area (Å²) in [6.45, 7) is 10.1. The van der Waals surface area contributed by atoms with Crippen LogP contribution in [0, 0.1) is 12.8 Å². The standard InChI is InChI=1S/C21H25N5O3/c1-11(2)10-26-18-17(20(28)25-21(26)29)14(8-15(23-18)12(3)4)19(27)24-16-7-6-13(5)9-22-16/h6-9,11-12H,10H2,1-5H3,(H,22,24,27)(H,25,28,29). The van der Waals surface area contributed by atoms with Gasteiger partial charge in [0.15, 0.2) is 5.65 Å². The molecule has 0 spiro atoms. The van der Waals surface area contributed by atoms with Gasteiger partial charge in [-0.05, 0) is 36.5 Å². The SMILES string of the molecule is Cc1ccc(NC(=O)c2cc(C(C)C)nc3c2c(=O)[nH]c(=O)n3CC(C)C)nc1. The number of nitrogens with zero attached hydrogens (tertiary/aromatic N) is 3. The fraction of sp³-hybridized carbons (Fsp3) is 0.381. The molecule has 0 fully saturated rings. The van der Waals surface area contributed by atoms with Crippen molar-refractivity contribution in [2.75, 3.05) is 5.32 Å². The van der Waals surface area contributed by atoms with Crippen molar-refractivity contribution in [2.45, 2.75) is 47.1 Å². The molecule has 3 aromatic heterocycles. The first-order chi connectivity index (χ1) is 13.7. The van der Waals surface area contributed by atoms with Crippen LogP contribution in [0.4, 0.5) is 5.82 Å². The lowest BCUT2D eigenvalue weighted by molar-refractivity contribution is 0.102. The number of carbonyl (C=O) groups is 1. The van der Waals surface area contributed by atoms with Crippen LogP contribution in [0.1, 0.15) is 55.2 Å². The molecule has 0 saturated carbocycles. The van der Waals surface area contributed by atoms with Crippen LogP contribution in [0.2, 0.25) is 0 Å². The van der Waals surface area contributed by atoms with Crippen LogP contribution in [0.5, 0.6) is 0 Å². The van der Waals surface area contributed by atoms with Crippen LogP contribution in [0.3, 0.4) is 0 Å². The van der Waals surface area contributed by atoms with Gasteiger partial charge in [0.05, 0.1) is 10.9 Å². The second kappa shape index (κ2) is 7.98. The number of rotatable bonds is 5. The van der Waals surface area contributed by atoms with Crippen LogP contribution in [0.25, 0.3) is 11.0 Å². The zero-order chi connectivity index (χ0) is 21.3. The molecule has 0 aliphatic rings. The van der Waals surface area contributed by atoms with E-state index in [1.54, 1.807) is 18.3 Å². The number of pyridine rings is 2. The first-order valence-corrected chi connectivity index (χ1v) is 9.59. The first-order valence-electron chi connectivity index (χ1n) is 9.59. The summed E-state index contributed by atoms with van der Waals surface area (Å²) in [5.41, 5.74) is 0.821. The fourth-order valence-corrected chi connectivity index (χ4v) is 3.03. The van der Waals surface area contributed by atoms with E-state index in [2.05, 4.69) is 20.3 Å². The maximum absolute atomic E-state index is 13.0. The molecule has 0 atom stereocenters. The number of aromatic nitrogens is 4. The molecule has 3 aromatic rings. The Morgan fingerprint density at radius 2 is 1.93 bits per heavy atom. The molecule has 29 heavy (non-hydrogen) atoms. The Balaban J connectivity index is 2.24. The lowest BCUT2D eigenvalue weighted by Crippen LogP contribution is -2.33. The summed E-state index contributed by atoms with van der Waals surface area (Å²) in [6.07, 6.45) is 1.65. The second-order valence-corrected chi connectivity index (χ2v) is 7.89. The molecular weight excluding hydrogens is 370 g/mol. The molecule has 0 bridgehead atoms. The Kier molecular flexibility index (Phi) is 5.63. The second-order valence-electron chi connectivity index (χ2n) is 7.89. The van der Waals surface area contributed by atoms with Gasteiger partial charge in [0.2, 0.25) is 0 Å². The lowest BCUT2D eigenvalue weighted by atomic mass is 10.0. The summed E-state index contributed by atoms with van der Waals surface area (Å²) in [7, 11) is 0. The number of hydrogen-bond donors (Lipinski definition) is 2. The summed E-state index contributed by atoms with van der Waals surface area (Å²) in [5.74, 6) is 0.0603. The minimum atomic E-state index is -0.630. The number of nitrogens with one attached hydrogen (secondary N) is 2. The average Bonchev–Trinajstić information content (AvgIpc) is 2.65. The molecule has 1 amide bonds. The lowest BCUT2D eigenvalue weighted by Gasteiger charge is -2.15. The van der Waals surface area contributed by atoms with Crippen molar-refractivity contribution in [3.8, 4) is 0 Å². The smallest absolute Gasteiger partial charge is 0.307 e. The highest BCUT2D eigenvalue weighted by molar-refractivity contribution is 6.11. The van der Waals surface area contributed by atoms with E-state index < -0.39 is 17.2 Å². The summed E-state index contributed by atoms with van der Waals surface area (Å²) in [4.78, 5) is 49.2. The van der Waals surface area contributed by atoms with Gasteiger partial charge in [-0.25, -0.2) is 14.8 Å². The molecule has 0 saturated heterocycles. The van der Waals surface area contributed by atoms with Crippen molar-refractivity contribution in [2.24, 2.45) is 5.92 Å². The monoisotopic (exact) mass is 395 g/mol. The highest BCUT2D eigenvalue weighted by Gasteiger charge is 2.21. The first kappa shape index (κ1) is 20.4. The molecule has 8 nitrogen and oxygen atoms in total. The van der Waals surface area contributed by atoms with Crippen molar-refractivity contribution >= 4 is 22.8 Å². The predicted molar refractivity (Wildman–Crippen MR) is 112 cm³/mol. The van der Waals surface area contributed by atoms with Gasteiger partial charge in [0.25, 0.3) is 11.5 Å². The van der Waals surface area contributed by atoms with E-state index in [0.717, 1.165) is 5.56 Å². The van der Waals surface area contributed by atoms with E-state index in [9.17, 15) is 14.4 Å². The van der Waals surface area contributed by atoms with E-state index in [-0.39, 0.29) is 28.4 Å². The van der Waals surface area contributed by atoms with Crippen LogP contribution >= 0.6 is 0 Å². The van der Waals surface area contributed by atoms with E-state index >= 15 is 0 Å². The van der Waals surface area contributed by atoms with Gasteiger partial charge in [0, 0.05) is 18.4 Å². The minimum Gasteiger partial charge on any atom is -0.307 e. The van der Waals surface area contributed by atoms with Gasteiger partial charge in [0.1, 0.15) is 5.82 Å². The van der Waals surface area contributed by atoms with Crippen LogP contribution in [0.15, 0.2) is 34.0 Å². The third kappa shape index (κ3) is 4.26. The number of fused-ring (bicyclic) bond motifs is 1. The van der Waals surface area contributed by atoms with Gasteiger partial charge in [-0.3, -0.25) is 19.1 Å². The van der Waals surface area contributed by atoms with Crippen molar-refractivity contribution in [3.05, 3.63) is 62.1 Å². The van der Waals surface area contributed by atoms with Gasteiger partial charge >= 0.3 is 5.69 Å². The number of anilines is 1. The number of carbonyl (C=O) groups excluding carboxylic acids is 1. The normalized spacial score (nSPS) is 11.4. The molecule has 152 valence electrons. The Labute approximate surface area is 168 Å². The number of aryl methyl sites for hydroxylation is 1. The molecular formula is C21H25N5O3. The molecule has 8 heteroatoms. The molecule has 0 aliphatic carbocycles. The topological polar surface area (TPSA) is 110 Å². The van der Waals surface area contributed by atoms with Gasteiger partial charge < -0.3 is 5.32 Å². The Morgan fingerprint density at radius 1 is 1.21 bits per heavy atom. The average molecular weight is 395 g/mol. The molecule has 3 heterocycles. The van der Waals surface area contributed by atoms with Gasteiger partial charge in [-0.1, -0.05) is 33.8 Å². The fourth-order valence-electron chi connectivity index (χ4n) is 3.03. The third-order valence-corrected chi connectivity index (χ3v) is 4.51. The third-order valence-electron chi connectivity index (χ3n) is 4.51. The summed E-state index contributed by atoms with van der Waals surface area (Å²) < 4.78 is 1.42. The minimum absolute atomic E-state index is 0.00494. The summed E-state index contributed by atoms with van der Waals surface area (Å²) in [6, 6.07) is 5.13.